The molecule has 2 rings (SSSR count). The smallest absolute Gasteiger partial charge is 0.372 e. The van der Waals surface area contributed by atoms with E-state index in [0.29, 0.717) is 19.4 Å². The average Bonchev–Trinajstić information content (AvgIpc) is 2.74. The Morgan fingerprint density at radius 2 is 2.22 bits per heavy atom. The lowest BCUT2D eigenvalue weighted by atomic mass is 10.1. The summed E-state index contributed by atoms with van der Waals surface area (Å²) < 4.78 is 4.89. The van der Waals surface area contributed by atoms with Gasteiger partial charge >= 0.3 is 11.3 Å². The van der Waals surface area contributed by atoms with E-state index in [1.54, 1.807) is 6.92 Å². The van der Waals surface area contributed by atoms with E-state index in [2.05, 4.69) is 0 Å². The molecule has 1 atom stereocenters. The average molecular weight is 266 g/mol. The molecule has 0 heterocycles. The van der Waals surface area contributed by atoms with Crippen molar-refractivity contribution in [1.29, 1.82) is 0 Å². The van der Waals surface area contributed by atoms with Crippen molar-refractivity contribution in [2.24, 2.45) is 5.92 Å². The zero-order chi connectivity index (χ0) is 13.1. The van der Waals surface area contributed by atoms with Gasteiger partial charge in [0.1, 0.15) is 0 Å². The third-order valence-electron chi connectivity index (χ3n) is 2.95. The molecular weight excluding hydrogens is 252 g/mol. The number of ether oxygens (including phenoxy) is 1. The van der Waals surface area contributed by atoms with Crippen molar-refractivity contribution < 1.29 is 19.4 Å². The molecule has 1 aromatic rings. The van der Waals surface area contributed by atoms with Crippen molar-refractivity contribution in [3.8, 4) is 0 Å². The first-order valence-corrected chi connectivity index (χ1v) is 6.61. The highest BCUT2D eigenvalue weighted by atomic mass is 32.2. The Kier molecular flexibility index (Phi) is 3.91. The van der Waals surface area contributed by atoms with Crippen molar-refractivity contribution in [2.45, 2.75) is 24.7 Å². The summed E-state index contributed by atoms with van der Waals surface area (Å²) in [6.07, 6.45) is 1.04. The van der Waals surface area contributed by atoms with E-state index >= 15 is 0 Å². The summed E-state index contributed by atoms with van der Waals surface area (Å²) in [6, 6.07) is 5.61. The molecule has 1 aliphatic rings. The van der Waals surface area contributed by atoms with Crippen molar-refractivity contribution in [2.75, 3.05) is 6.61 Å². The molecule has 0 radical (unpaired) electrons. The Morgan fingerprint density at radius 3 is 2.89 bits per heavy atom. The first kappa shape index (κ1) is 13.0. The molecule has 0 bridgehead atoms. The molecule has 0 fully saturated rings. The van der Waals surface area contributed by atoms with Gasteiger partial charge in [-0.15, -0.1) is 0 Å². The topological polar surface area (TPSA) is 63.6 Å². The van der Waals surface area contributed by atoms with Crippen molar-refractivity contribution in [3.63, 3.8) is 0 Å². The van der Waals surface area contributed by atoms with E-state index in [0.717, 1.165) is 27.8 Å². The van der Waals surface area contributed by atoms with Crippen LogP contribution in [0.5, 0.6) is 0 Å². The minimum atomic E-state index is -0.779. The number of carbonyl (C=O) groups is 2. The zero-order valence-electron chi connectivity index (χ0n) is 10.0. The fraction of sp³-hybridized carbons (Fsp3) is 0.385. The van der Waals surface area contributed by atoms with Gasteiger partial charge in [-0.25, -0.2) is 4.79 Å². The summed E-state index contributed by atoms with van der Waals surface area (Å²) in [4.78, 5) is 23.3. The molecule has 0 spiro atoms. The van der Waals surface area contributed by atoms with Gasteiger partial charge in [-0.1, -0.05) is 12.1 Å². The van der Waals surface area contributed by atoms with Crippen LogP contribution in [0.15, 0.2) is 23.1 Å². The van der Waals surface area contributed by atoms with Crippen LogP contribution in [0, 0.1) is 5.92 Å². The Bertz CT molecular complexity index is 484. The third-order valence-corrected chi connectivity index (χ3v) is 3.84. The van der Waals surface area contributed by atoms with Crippen molar-refractivity contribution in [3.05, 3.63) is 29.3 Å². The van der Waals surface area contributed by atoms with Gasteiger partial charge in [0.25, 0.3) is 0 Å². The van der Waals surface area contributed by atoms with Crippen LogP contribution < -0.4 is 0 Å². The lowest BCUT2D eigenvalue weighted by Crippen LogP contribution is -2.13. The molecule has 5 heteroatoms. The number of aliphatic carboxylic acids is 1. The highest BCUT2D eigenvalue weighted by molar-refractivity contribution is 8.13. The predicted octanol–water partition coefficient (Wildman–Crippen LogP) is 2.73. The van der Waals surface area contributed by atoms with Gasteiger partial charge in [0.2, 0.25) is 0 Å². The van der Waals surface area contributed by atoms with Crippen LogP contribution in [0.2, 0.25) is 0 Å². The summed E-state index contributed by atoms with van der Waals surface area (Å²) in [5.74, 6) is -1.15. The van der Waals surface area contributed by atoms with E-state index < -0.39 is 5.97 Å². The number of benzene rings is 1. The minimum Gasteiger partial charge on any atom is -0.481 e. The van der Waals surface area contributed by atoms with Crippen molar-refractivity contribution in [1.82, 2.24) is 0 Å². The molecule has 1 N–H and O–H groups in total. The van der Waals surface area contributed by atoms with Crippen LogP contribution in [-0.4, -0.2) is 23.0 Å². The summed E-state index contributed by atoms with van der Waals surface area (Å²) in [7, 11) is 0. The molecule has 0 aromatic heterocycles. The minimum absolute atomic E-state index is 0.343. The number of carboxylic acids is 1. The summed E-state index contributed by atoms with van der Waals surface area (Å²) in [5, 5.41) is 8.70. The molecule has 96 valence electrons. The lowest BCUT2D eigenvalue weighted by Gasteiger charge is -2.06. The number of fused-ring (bicyclic) bond motifs is 1. The Balaban J connectivity index is 2.18. The van der Waals surface area contributed by atoms with E-state index in [1.165, 1.54) is 0 Å². The van der Waals surface area contributed by atoms with Gasteiger partial charge < -0.3 is 9.84 Å². The van der Waals surface area contributed by atoms with Crippen LogP contribution in [-0.2, 0) is 22.4 Å². The Labute approximate surface area is 109 Å². The van der Waals surface area contributed by atoms with Gasteiger partial charge in [0, 0.05) is 4.90 Å². The zero-order valence-corrected chi connectivity index (χ0v) is 10.8. The standard InChI is InChI=1S/C13H14O4S/c1-2-17-13(16)18-11-5-3-4-8-6-9(12(14)15)7-10(8)11/h3-5,9H,2,6-7H2,1H3,(H,14,15)/t9-/m1/s1. The second-order valence-electron chi connectivity index (χ2n) is 4.12. The Hall–Kier alpha value is -1.49. The van der Waals surface area contributed by atoms with E-state index in [9.17, 15) is 9.59 Å². The molecule has 18 heavy (non-hydrogen) atoms. The maximum Gasteiger partial charge on any atom is 0.372 e. The van der Waals surface area contributed by atoms with Crippen LogP contribution in [0.4, 0.5) is 4.79 Å². The normalized spacial score (nSPS) is 17.3. The fourth-order valence-corrected chi connectivity index (χ4v) is 2.97. The molecule has 0 unspecified atom stereocenters. The molecule has 4 nitrogen and oxygen atoms in total. The Morgan fingerprint density at radius 1 is 1.44 bits per heavy atom. The number of carboxylic acid groups (broad SMARTS) is 1. The quantitative estimate of drug-likeness (QED) is 0.673. The monoisotopic (exact) mass is 266 g/mol. The number of carbonyl (C=O) groups excluding carboxylic acids is 1. The molecule has 0 amide bonds. The summed E-state index contributed by atoms with van der Waals surface area (Å²) >= 11 is 1.03. The molecule has 0 aliphatic heterocycles. The predicted molar refractivity (Wildman–Crippen MR) is 67.9 cm³/mol. The van der Waals surface area contributed by atoms with Crippen LogP contribution in [0.25, 0.3) is 0 Å². The van der Waals surface area contributed by atoms with Crippen LogP contribution >= 0.6 is 11.8 Å². The fourth-order valence-electron chi connectivity index (χ4n) is 2.13. The second-order valence-corrected chi connectivity index (χ2v) is 5.10. The second kappa shape index (κ2) is 5.44. The third kappa shape index (κ3) is 2.67. The number of rotatable bonds is 3. The number of thioether (sulfide) groups is 1. The molecule has 1 aliphatic carbocycles. The largest absolute Gasteiger partial charge is 0.481 e. The van der Waals surface area contributed by atoms with Crippen LogP contribution in [0.1, 0.15) is 18.1 Å². The maximum atomic E-state index is 11.5. The van der Waals surface area contributed by atoms with Gasteiger partial charge in [-0.2, -0.15) is 0 Å². The first-order chi connectivity index (χ1) is 8.61. The van der Waals surface area contributed by atoms with E-state index in [4.69, 9.17) is 9.84 Å². The highest BCUT2D eigenvalue weighted by Crippen LogP contribution is 2.35. The van der Waals surface area contributed by atoms with Crippen molar-refractivity contribution >= 4 is 23.0 Å². The van der Waals surface area contributed by atoms with Gasteiger partial charge in [0.15, 0.2) is 0 Å². The molecule has 1 aromatic carbocycles. The number of hydrogen-bond acceptors (Lipinski definition) is 4. The number of hydrogen-bond donors (Lipinski definition) is 1. The van der Waals surface area contributed by atoms with Gasteiger partial charge in [-0.3, -0.25) is 4.79 Å². The molecule has 0 saturated carbocycles. The highest BCUT2D eigenvalue weighted by Gasteiger charge is 2.29. The van der Waals surface area contributed by atoms with E-state index in [-0.39, 0.29) is 11.2 Å². The first-order valence-electron chi connectivity index (χ1n) is 5.80. The van der Waals surface area contributed by atoms with Gasteiger partial charge in [-0.05, 0) is 48.7 Å². The van der Waals surface area contributed by atoms with Gasteiger partial charge in [0.05, 0.1) is 12.5 Å². The molecular formula is C13H14O4S. The maximum absolute atomic E-state index is 11.5. The summed E-state index contributed by atoms with van der Waals surface area (Å²) in [6.45, 7) is 2.10. The van der Waals surface area contributed by atoms with E-state index in [1.807, 2.05) is 18.2 Å². The van der Waals surface area contributed by atoms with Crippen LogP contribution in [0.3, 0.4) is 0 Å². The summed E-state index contributed by atoms with van der Waals surface area (Å²) in [5.41, 5.74) is 2.00. The lowest BCUT2D eigenvalue weighted by molar-refractivity contribution is -0.141. The molecule has 0 saturated heterocycles. The SMILES string of the molecule is CCOC(=O)Sc1cccc2c1C[C@H](C(=O)O)C2.